The lowest BCUT2D eigenvalue weighted by atomic mass is 10.2. The van der Waals surface area contributed by atoms with Crippen LogP contribution in [0.3, 0.4) is 0 Å². The van der Waals surface area contributed by atoms with Gasteiger partial charge in [0.1, 0.15) is 0 Å². The van der Waals surface area contributed by atoms with Crippen LogP contribution < -0.4 is 16.0 Å². The van der Waals surface area contributed by atoms with E-state index in [1.807, 2.05) is 29.2 Å². The van der Waals surface area contributed by atoms with Crippen molar-refractivity contribution < 1.29 is 9.59 Å². The summed E-state index contributed by atoms with van der Waals surface area (Å²) in [6, 6.07) is 7.33. The molecule has 0 radical (unpaired) electrons. The minimum atomic E-state index is -0.297. The molecule has 1 aliphatic heterocycles. The largest absolute Gasteiger partial charge is 0.338 e. The lowest BCUT2D eigenvalue weighted by Crippen LogP contribution is -2.43. The maximum atomic E-state index is 12.4. The van der Waals surface area contributed by atoms with E-state index < -0.39 is 0 Å². The van der Waals surface area contributed by atoms with Crippen molar-refractivity contribution in [2.45, 2.75) is 32.2 Å². The molecule has 0 spiro atoms. The highest BCUT2D eigenvalue weighted by Crippen LogP contribution is 2.14. The van der Waals surface area contributed by atoms with Crippen LogP contribution in [0.5, 0.6) is 0 Å². The van der Waals surface area contributed by atoms with Crippen LogP contribution >= 0.6 is 15.9 Å². The molecule has 0 aliphatic carbocycles. The Morgan fingerprint density at radius 2 is 2.08 bits per heavy atom. The van der Waals surface area contributed by atoms with Crippen LogP contribution in [-0.4, -0.2) is 49.1 Å². The lowest BCUT2D eigenvalue weighted by Gasteiger charge is -2.28. The van der Waals surface area contributed by atoms with E-state index in [-0.39, 0.29) is 18.0 Å². The average molecular weight is 397 g/mol. The zero-order chi connectivity index (χ0) is 17.4. The Kier molecular flexibility index (Phi) is 7.52. The Morgan fingerprint density at radius 1 is 1.33 bits per heavy atom. The van der Waals surface area contributed by atoms with Gasteiger partial charge in [0.2, 0.25) is 5.91 Å². The summed E-state index contributed by atoms with van der Waals surface area (Å²) in [4.78, 5) is 26.2. The minimum Gasteiger partial charge on any atom is -0.338 e. The molecule has 1 aliphatic rings. The Bertz CT molecular complexity index is 544. The second kappa shape index (κ2) is 9.64. The molecular weight excluding hydrogens is 372 g/mol. The molecule has 3 N–H and O–H groups in total. The third-order valence-electron chi connectivity index (χ3n) is 3.99. The standard InChI is InChI=1S/C17H25BrN4O2/c1-2-11-22(15-7-9-19-12-15)16(23)8-10-20-17(24)21-14-5-3-13(18)4-6-14/h3-6,15,19H,2,7-12H2,1H3,(H2,20,21,24). The van der Waals surface area contributed by atoms with Crippen molar-refractivity contribution in [3.05, 3.63) is 28.7 Å². The van der Waals surface area contributed by atoms with E-state index in [4.69, 9.17) is 0 Å². The molecule has 1 saturated heterocycles. The van der Waals surface area contributed by atoms with Gasteiger partial charge in [0.05, 0.1) is 0 Å². The first-order valence-electron chi connectivity index (χ1n) is 8.40. The number of hydrogen-bond acceptors (Lipinski definition) is 3. The van der Waals surface area contributed by atoms with Gasteiger partial charge < -0.3 is 20.9 Å². The Hall–Kier alpha value is -1.60. The van der Waals surface area contributed by atoms with Gasteiger partial charge in [0.15, 0.2) is 0 Å². The van der Waals surface area contributed by atoms with Gasteiger partial charge >= 0.3 is 6.03 Å². The highest BCUT2D eigenvalue weighted by molar-refractivity contribution is 9.10. The van der Waals surface area contributed by atoms with Crippen LogP contribution in [0.4, 0.5) is 10.5 Å². The van der Waals surface area contributed by atoms with Crippen LogP contribution in [0.25, 0.3) is 0 Å². The van der Waals surface area contributed by atoms with Crippen LogP contribution in [0.2, 0.25) is 0 Å². The molecule has 1 atom stereocenters. The third-order valence-corrected chi connectivity index (χ3v) is 4.52. The molecule has 7 heteroatoms. The first-order chi connectivity index (χ1) is 11.6. The second-order valence-corrected chi connectivity index (χ2v) is 6.79. The fourth-order valence-electron chi connectivity index (χ4n) is 2.79. The van der Waals surface area contributed by atoms with Crippen molar-refractivity contribution in [1.29, 1.82) is 0 Å². The summed E-state index contributed by atoms with van der Waals surface area (Å²) in [6.45, 7) is 5.01. The average Bonchev–Trinajstić information content (AvgIpc) is 3.08. The predicted octanol–water partition coefficient (Wildman–Crippen LogP) is 2.56. The number of urea groups is 1. The topological polar surface area (TPSA) is 73.5 Å². The third kappa shape index (κ3) is 5.79. The van der Waals surface area contributed by atoms with Crippen molar-refractivity contribution in [1.82, 2.24) is 15.5 Å². The van der Waals surface area contributed by atoms with Gasteiger partial charge in [-0.05, 0) is 43.7 Å². The van der Waals surface area contributed by atoms with Crippen LogP contribution in [0.15, 0.2) is 28.7 Å². The highest BCUT2D eigenvalue weighted by atomic mass is 79.9. The number of anilines is 1. The number of carbonyl (C=O) groups is 2. The number of benzene rings is 1. The summed E-state index contributed by atoms with van der Waals surface area (Å²) in [5.41, 5.74) is 0.715. The molecule has 6 nitrogen and oxygen atoms in total. The molecule has 3 amide bonds. The maximum absolute atomic E-state index is 12.4. The van der Waals surface area contributed by atoms with Gasteiger partial charge in [-0.25, -0.2) is 4.79 Å². The van der Waals surface area contributed by atoms with E-state index in [0.29, 0.717) is 18.7 Å². The summed E-state index contributed by atoms with van der Waals surface area (Å²) in [5.74, 6) is 0.106. The number of nitrogens with zero attached hydrogens (tertiary/aromatic N) is 1. The zero-order valence-electron chi connectivity index (χ0n) is 14.0. The van der Waals surface area contributed by atoms with E-state index in [2.05, 4.69) is 38.8 Å². The number of hydrogen-bond donors (Lipinski definition) is 3. The van der Waals surface area contributed by atoms with Gasteiger partial charge in [-0.3, -0.25) is 4.79 Å². The summed E-state index contributed by atoms with van der Waals surface area (Å²) in [6.07, 6.45) is 2.27. The van der Waals surface area contributed by atoms with Crippen LogP contribution in [-0.2, 0) is 4.79 Å². The molecule has 24 heavy (non-hydrogen) atoms. The van der Waals surface area contributed by atoms with Crippen molar-refractivity contribution in [2.75, 3.05) is 31.5 Å². The summed E-state index contributed by atoms with van der Waals surface area (Å²) in [5, 5.41) is 8.78. The molecule has 2 rings (SSSR count). The molecular formula is C17H25BrN4O2. The van der Waals surface area contributed by atoms with Gasteiger partial charge in [-0.15, -0.1) is 0 Å². The first kappa shape index (κ1) is 18.7. The number of amides is 3. The molecule has 0 saturated carbocycles. The molecule has 1 aromatic rings. The smallest absolute Gasteiger partial charge is 0.319 e. The van der Waals surface area contributed by atoms with E-state index in [1.165, 1.54) is 0 Å². The SMILES string of the molecule is CCCN(C(=O)CCNC(=O)Nc1ccc(Br)cc1)C1CCNC1. The normalized spacial score (nSPS) is 16.7. The van der Waals surface area contributed by atoms with Gasteiger partial charge in [0.25, 0.3) is 0 Å². The van der Waals surface area contributed by atoms with E-state index in [1.54, 1.807) is 0 Å². The van der Waals surface area contributed by atoms with E-state index in [0.717, 1.165) is 36.9 Å². The molecule has 1 aromatic carbocycles. The zero-order valence-corrected chi connectivity index (χ0v) is 15.6. The Balaban J connectivity index is 1.74. The molecule has 1 unspecified atom stereocenters. The molecule has 0 aromatic heterocycles. The van der Waals surface area contributed by atoms with Crippen molar-refractivity contribution in [2.24, 2.45) is 0 Å². The maximum Gasteiger partial charge on any atom is 0.319 e. The highest BCUT2D eigenvalue weighted by Gasteiger charge is 2.25. The molecule has 1 fully saturated rings. The molecule has 1 heterocycles. The summed E-state index contributed by atoms with van der Waals surface area (Å²) >= 11 is 3.35. The monoisotopic (exact) mass is 396 g/mol. The second-order valence-electron chi connectivity index (χ2n) is 5.87. The van der Waals surface area contributed by atoms with E-state index in [9.17, 15) is 9.59 Å². The molecule has 0 bridgehead atoms. The fourth-order valence-corrected chi connectivity index (χ4v) is 3.06. The van der Waals surface area contributed by atoms with Crippen LogP contribution in [0, 0.1) is 0 Å². The van der Waals surface area contributed by atoms with Gasteiger partial charge in [0, 0.05) is 42.3 Å². The Labute approximate surface area is 151 Å². The van der Waals surface area contributed by atoms with Crippen molar-refractivity contribution >= 4 is 33.6 Å². The van der Waals surface area contributed by atoms with E-state index >= 15 is 0 Å². The lowest BCUT2D eigenvalue weighted by molar-refractivity contribution is -0.133. The molecule has 132 valence electrons. The predicted molar refractivity (Wildman–Crippen MR) is 99.1 cm³/mol. The number of carbonyl (C=O) groups excluding carboxylic acids is 2. The van der Waals surface area contributed by atoms with Crippen molar-refractivity contribution in [3.8, 4) is 0 Å². The van der Waals surface area contributed by atoms with Crippen molar-refractivity contribution in [3.63, 3.8) is 0 Å². The van der Waals surface area contributed by atoms with Crippen LogP contribution in [0.1, 0.15) is 26.2 Å². The first-order valence-corrected chi connectivity index (χ1v) is 9.20. The number of rotatable bonds is 7. The van der Waals surface area contributed by atoms with Gasteiger partial charge in [-0.2, -0.15) is 0 Å². The minimum absolute atomic E-state index is 0.106. The summed E-state index contributed by atoms with van der Waals surface area (Å²) < 4.78 is 0.955. The van der Waals surface area contributed by atoms with Gasteiger partial charge in [-0.1, -0.05) is 22.9 Å². The quantitative estimate of drug-likeness (QED) is 0.662. The number of nitrogens with one attached hydrogen (secondary N) is 3. The number of halogens is 1. The fraction of sp³-hybridized carbons (Fsp3) is 0.529. The Morgan fingerprint density at radius 3 is 2.71 bits per heavy atom. The summed E-state index contributed by atoms with van der Waals surface area (Å²) in [7, 11) is 0.